The van der Waals surface area contributed by atoms with Gasteiger partial charge in [0, 0.05) is 25.2 Å². The number of nitriles is 1. The maximum atomic E-state index is 10.9. The van der Waals surface area contributed by atoms with Gasteiger partial charge in [-0.2, -0.15) is 5.26 Å². The molecule has 1 aromatic carbocycles. The van der Waals surface area contributed by atoms with Crippen LogP contribution in [0.4, 0.5) is 11.5 Å². The lowest BCUT2D eigenvalue weighted by Crippen LogP contribution is -2.26. The van der Waals surface area contributed by atoms with Crippen molar-refractivity contribution in [3.8, 4) is 11.8 Å². The zero-order chi connectivity index (χ0) is 16.8. The Bertz CT molecular complexity index is 728. The van der Waals surface area contributed by atoms with E-state index in [0.29, 0.717) is 11.5 Å². The van der Waals surface area contributed by atoms with Crippen LogP contribution in [-0.4, -0.2) is 33.0 Å². The first-order valence-electron chi connectivity index (χ1n) is 7.47. The van der Waals surface area contributed by atoms with E-state index in [1.165, 1.54) is 16.9 Å². The molecule has 0 fully saturated rings. The molecular formula is C15H18N6O2. The van der Waals surface area contributed by atoms with Crippen LogP contribution in [0, 0.1) is 21.4 Å². The number of nitro benzene ring substituents is 1. The van der Waals surface area contributed by atoms with Gasteiger partial charge >= 0.3 is 0 Å². The summed E-state index contributed by atoms with van der Waals surface area (Å²) in [5, 5.41) is 28.7. The van der Waals surface area contributed by atoms with Gasteiger partial charge in [-0.3, -0.25) is 10.1 Å². The lowest BCUT2D eigenvalue weighted by Gasteiger charge is -2.20. The van der Waals surface area contributed by atoms with Crippen molar-refractivity contribution in [1.29, 1.82) is 5.26 Å². The highest BCUT2D eigenvalue weighted by molar-refractivity contribution is 5.51. The van der Waals surface area contributed by atoms with Gasteiger partial charge in [0.1, 0.15) is 6.07 Å². The molecule has 0 aliphatic heterocycles. The van der Waals surface area contributed by atoms with Gasteiger partial charge in [-0.05, 0) is 18.9 Å². The zero-order valence-electron chi connectivity index (χ0n) is 13.1. The molecule has 120 valence electrons. The molecule has 8 heteroatoms. The van der Waals surface area contributed by atoms with Crippen molar-refractivity contribution in [2.24, 2.45) is 0 Å². The Labute approximate surface area is 134 Å². The fourth-order valence-corrected chi connectivity index (χ4v) is 2.29. The van der Waals surface area contributed by atoms with Gasteiger partial charge in [0.05, 0.1) is 10.6 Å². The number of hydrogen-bond acceptors (Lipinski definition) is 6. The van der Waals surface area contributed by atoms with Crippen molar-refractivity contribution in [1.82, 2.24) is 15.0 Å². The SMILES string of the molecule is CCCN(CCC)c1nn(-c2cccc([N+](=O)[O-])c2)nc1C#N. The number of aromatic nitrogens is 3. The summed E-state index contributed by atoms with van der Waals surface area (Å²) in [7, 11) is 0. The van der Waals surface area contributed by atoms with Gasteiger partial charge in [-0.1, -0.05) is 19.9 Å². The van der Waals surface area contributed by atoms with E-state index >= 15 is 0 Å². The van der Waals surface area contributed by atoms with Crippen LogP contribution in [0.2, 0.25) is 0 Å². The number of nitro groups is 1. The molecule has 0 bridgehead atoms. The van der Waals surface area contributed by atoms with Crippen LogP contribution in [0.5, 0.6) is 0 Å². The molecule has 0 saturated heterocycles. The number of benzene rings is 1. The monoisotopic (exact) mass is 314 g/mol. The second kappa shape index (κ2) is 7.35. The maximum absolute atomic E-state index is 10.9. The van der Waals surface area contributed by atoms with Crippen LogP contribution in [0.15, 0.2) is 24.3 Å². The Morgan fingerprint density at radius 2 is 2.00 bits per heavy atom. The van der Waals surface area contributed by atoms with Crippen molar-refractivity contribution in [2.45, 2.75) is 26.7 Å². The number of anilines is 1. The van der Waals surface area contributed by atoms with Crippen LogP contribution in [0.1, 0.15) is 32.4 Å². The normalized spacial score (nSPS) is 10.3. The lowest BCUT2D eigenvalue weighted by molar-refractivity contribution is -0.384. The summed E-state index contributed by atoms with van der Waals surface area (Å²) in [5.74, 6) is 0.516. The Kier molecular flexibility index (Phi) is 5.25. The van der Waals surface area contributed by atoms with Gasteiger partial charge in [0.2, 0.25) is 5.69 Å². The quantitative estimate of drug-likeness (QED) is 0.575. The van der Waals surface area contributed by atoms with Crippen molar-refractivity contribution in [3.05, 3.63) is 40.1 Å². The zero-order valence-corrected chi connectivity index (χ0v) is 13.1. The highest BCUT2D eigenvalue weighted by Crippen LogP contribution is 2.20. The molecule has 23 heavy (non-hydrogen) atoms. The van der Waals surface area contributed by atoms with Crippen molar-refractivity contribution in [3.63, 3.8) is 0 Å². The fourth-order valence-electron chi connectivity index (χ4n) is 2.29. The van der Waals surface area contributed by atoms with E-state index in [9.17, 15) is 15.4 Å². The molecule has 2 aromatic rings. The summed E-state index contributed by atoms with van der Waals surface area (Å²) in [4.78, 5) is 13.7. The van der Waals surface area contributed by atoms with E-state index in [0.717, 1.165) is 25.9 Å². The van der Waals surface area contributed by atoms with Crippen LogP contribution in [0.25, 0.3) is 5.69 Å². The van der Waals surface area contributed by atoms with Crippen molar-refractivity contribution < 1.29 is 4.92 Å². The Hall–Kier alpha value is -2.95. The summed E-state index contributed by atoms with van der Waals surface area (Å²) >= 11 is 0. The van der Waals surface area contributed by atoms with Crippen molar-refractivity contribution in [2.75, 3.05) is 18.0 Å². The maximum Gasteiger partial charge on any atom is 0.271 e. The molecular weight excluding hydrogens is 296 g/mol. The predicted octanol–water partition coefficient (Wildman–Crippen LogP) is 2.67. The highest BCUT2D eigenvalue weighted by atomic mass is 16.6. The minimum atomic E-state index is -0.473. The molecule has 0 saturated carbocycles. The molecule has 0 amide bonds. The third-order valence-electron chi connectivity index (χ3n) is 3.26. The molecule has 0 spiro atoms. The Morgan fingerprint density at radius 1 is 1.30 bits per heavy atom. The summed E-state index contributed by atoms with van der Waals surface area (Å²) in [6, 6.07) is 8.07. The van der Waals surface area contributed by atoms with E-state index < -0.39 is 4.92 Å². The third-order valence-corrected chi connectivity index (χ3v) is 3.26. The molecule has 0 aliphatic carbocycles. The first-order chi connectivity index (χ1) is 11.1. The van der Waals surface area contributed by atoms with Crippen LogP contribution in [0.3, 0.4) is 0 Å². The van der Waals surface area contributed by atoms with Crippen LogP contribution >= 0.6 is 0 Å². The summed E-state index contributed by atoms with van der Waals surface area (Å²) < 4.78 is 0. The average Bonchev–Trinajstić information content (AvgIpc) is 2.99. The number of non-ortho nitro benzene ring substituents is 1. The smallest absolute Gasteiger partial charge is 0.271 e. The third kappa shape index (κ3) is 3.63. The summed E-state index contributed by atoms with van der Waals surface area (Å²) in [5.41, 5.74) is 0.632. The summed E-state index contributed by atoms with van der Waals surface area (Å²) in [6.07, 6.45) is 1.85. The molecule has 0 radical (unpaired) electrons. The second-order valence-electron chi connectivity index (χ2n) is 5.04. The fraction of sp³-hybridized carbons (Fsp3) is 0.400. The predicted molar refractivity (Wildman–Crippen MR) is 85.5 cm³/mol. The number of nitrogens with zero attached hydrogens (tertiary/aromatic N) is 6. The number of hydrogen-bond donors (Lipinski definition) is 0. The van der Waals surface area contributed by atoms with Crippen LogP contribution < -0.4 is 4.90 Å². The largest absolute Gasteiger partial charge is 0.353 e. The van der Waals surface area contributed by atoms with Gasteiger partial charge in [0.15, 0.2) is 5.82 Å². The van der Waals surface area contributed by atoms with E-state index in [1.54, 1.807) is 12.1 Å². The van der Waals surface area contributed by atoms with Gasteiger partial charge in [-0.25, -0.2) is 0 Å². The van der Waals surface area contributed by atoms with E-state index in [1.807, 2.05) is 4.90 Å². The molecule has 0 unspecified atom stereocenters. The molecule has 2 rings (SSSR count). The first kappa shape index (κ1) is 16.4. The first-order valence-corrected chi connectivity index (χ1v) is 7.47. The standard InChI is InChI=1S/C15H18N6O2/c1-3-8-19(9-4-2)15-14(11-16)17-20(18-15)12-6-5-7-13(10-12)21(22)23/h5-7,10H,3-4,8-9H2,1-2H3. The molecule has 8 nitrogen and oxygen atoms in total. The molecule has 0 N–H and O–H groups in total. The average molecular weight is 314 g/mol. The minimum Gasteiger partial charge on any atom is -0.353 e. The molecule has 0 atom stereocenters. The Morgan fingerprint density at radius 3 is 2.57 bits per heavy atom. The van der Waals surface area contributed by atoms with Crippen molar-refractivity contribution >= 4 is 11.5 Å². The van der Waals surface area contributed by atoms with Crippen LogP contribution in [-0.2, 0) is 0 Å². The van der Waals surface area contributed by atoms with Gasteiger partial charge < -0.3 is 4.90 Å². The highest BCUT2D eigenvalue weighted by Gasteiger charge is 2.18. The summed E-state index contributed by atoms with van der Waals surface area (Å²) in [6.45, 7) is 5.66. The molecule has 0 aliphatic rings. The molecule has 1 aromatic heterocycles. The molecule has 1 heterocycles. The van der Waals surface area contributed by atoms with E-state index in [2.05, 4.69) is 30.1 Å². The topological polar surface area (TPSA) is 101 Å². The minimum absolute atomic E-state index is 0.0427. The van der Waals surface area contributed by atoms with E-state index in [-0.39, 0.29) is 11.4 Å². The van der Waals surface area contributed by atoms with Gasteiger partial charge in [0.25, 0.3) is 5.69 Å². The van der Waals surface area contributed by atoms with E-state index in [4.69, 9.17) is 0 Å². The van der Waals surface area contributed by atoms with Gasteiger partial charge in [-0.15, -0.1) is 15.0 Å². The second-order valence-corrected chi connectivity index (χ2v) is 5.04. The Balaban J connectivity index is 2.44. The number of rotatable bonds is 7. The lowest BCUT2D eigenvalue weighted by atomic mass is 10.3.